The number of fused-ring (bicyclic) bond motifs is 1. The highest BCUT2D eigenvalue weighted by molar-refractivity contribution is 5.93. The summed E-state index contributed by atoms with van der Waals surface area (Å²) < 4.78 is 4.76. The Balaban J connectivity index is 2.08. The largest absolute Gasteiger partial charge is 0.465 e. The fraction of sp³-hybridized carbons (Fsp3) is 0.100. The zero-order chi connectivity index (χ0) is 15.4. The van der Waals surface area contributed by atoms with E-state index in [-0.39, 0.29) is 5.97 Å². The number of ether oxygens (including phenoxy) is 1. The number of esters is 1. The van der Waals surface area contributed by atoms with Crippen LogP contribution in [0.5, 0.6) is 0 Å². The Hall–Kier alpha value is -2.83. The van der Waals surface area contributed by atoms with Gasteiger partial charge in [-0.3, -0.25) is 0 Å². The normalized spacial score (nSPS) is 14.3. The molecule has 0 unspecified atom stereocenters. The van der Waals surface area contributed by atoms with Crippen molar-refractivity contribution in [1.29, 1.82) is 0 Å². The third-order valence-electron chi connectivity index (χ3n) is 3.70. The Morgan fingerprint density at radius 3 is 2.64 bits per heavy atom. The summed E-state index contributed by atoms with van der Waals surface area (Å²) in [4.78, 5) is 11.6. The molecule has 2 aromatic carbocycles. The van der Waals surface area contributed by atoms with Crippen molar-refractivity contribution in [1.82, 2.24) is 0 Å². The summed E-state index contributed by atoms with van der Waals surface area (Å²) in [5.41, 5.74) is 8.22. The van der Waals surface area contributed by atoms with Crippen LogP contribution in [0.15, 0.2) is 72.0 Å². The van der Waals surface area contributed by atoms with Crippen LogP contribution in [0.1, 0.15) is 11.1 Å². The first kappa shape index (κ1) is 14.1. The summed E-state index contributed by atoms with van der Waals surface area (Å²) in [6, 6.07) is 16.5. The second-order valence-electron chi connectivity index (χ2n) is 5.03. The summed E-state index contributed by atoms with van der Waals surface area (Å²) in [6.07, 6.45) is 6.33. The number of hydrogen-bond acceptors (Lipinski definition) is 2. The van der Waals surface area contributed by atoms with E-state index in [2.05, 4.69) is 30.0 Å². The molecule has 108 valence electrons. The molecule has 0 spiro atoms. The van der Waals surface area contributed by atoms with Gasteiger partial charge in [-0.15, -0.1) is 5.73 Å². The van der Waals surface area contributed by atoms with Gasteiger partial charge in [0.2, 0.25) is 0 Å². The van der Waals surface area contributed by atoms with Crippen molar-refractivity contribution < 1.29 is 9.53 Å². The molecule has 3 rings (SSSR count). The van der Waals surface area contributed by atoms with E-state index < -0.39 is 0 Å². The summed E-state index contributed by atoms with van der Waals surface area (Å²) in [7, 11) is 1.38. The van der Waals surface area contributed by atoms with E-state index in [0.717, 1.165) is 12.0 Å². The lowest BCUT2D eigenvalue weighted by molar-refractivity contribution is -0.135. The molecule has 0 fully saturated rings. The third-order valence-corrected chi connectivity index (χ3v) is 3.70. The molecule has 0 aliphatic heterocycles. The van der Waals surface area contributed by atoms with Crippen molar-refractivity contribution >= 4 is 12.0 Å². The first-order valence-corrected chi connectivity index (χ1v) is 7.18. The Kier molecular flexibility index (Phi) is 4.04. The molecule has 0 radical (unpaired) electrons. The molecule has 22 heavy (non-hydrogen) atoms. The quantitative estimate of drug-likeness (QED) is 0.612. The van der Waals surface area contributed by atoms with Gasteiger partial charge in [-0.05, 0) is 40.8 Å². The minimum atomic E-state index is -0.366. The van der Waals surface area contributed by atoms with Crippen LogP contribution in [0, 0.1) is 0 Å². The predicted octanol–water partition coefficient (Wildman–Crippen LogP) is 4.18. The van der Waals surface area contributed by atoms with Crippen LogP contribution in [0.2, 0.25) is 0 Å². The van der Waals surface area contributed by atoms with Gasteiger partial charge in [0.1, 0.15) is 5.57 Å². The Labute approximate surface area is 130 Å². The highest BCUT2D eigenvalue weighted by Gasteiger charge is 2.11. The van der Waals surface area contributed by atoms with Crippen molar-refractivity contribution in [3.63, 3.8) is 0 Å². The molecule has 0 N–H and O–H groups in total. The Bertz CT molecular complexity index is 792. The molecular formula is C20H16O2. The molecule has 1 aliphatic carbocycles. The highest BCUT2D eigenvalue weighted by Crippen LogP contribution is 2.28. The highest BCUT2D eigenvalue weighted by atomic mass is 16.5. The van der Waals surface area contributed by atoms with E-state index in [1.54, 1.807) is 6.08 Å². The molecular weight excluding hydrogens is 272 g/mol. The average Bonchev–Trinajstić information content (AvgIpc) is 2.55. The molecule has 0 heterocycles. The maximum atomic E-state index is 11.6. The van der Waals surface area contributed by atoms with Gasteiger partial charge >= 0.3 is 5.97 Å². The number of hydrogen-bond donors (Lipinski definition) is 0. The molecule has 0 amide bonds. The first-order chi connectivity index (χ1) is 10.8. The minimum absolute atomic E-state index is 0.366. The van der Waals surface area contributed by atoms with Crippen molar-refractivity contribution in [3.8, 4) is 11.1 Å². The number of carbonyl (C=O) groups is 1. The van der Waals surface area contributed by atoms with Gasteiger partial charge in [0.25, 0.3) is 0 Å². The van der Waals surface area contributed by atoms with Gasteiger partial charge < -0.3 is 4.74 Å². The number of methoxy groups -OCH3 is 1. The third kappa shape index (κ3) is 2.78. The number of carbonyl (C=O) groups excluding carboxylic acids is 1. The topological polar surface area (TPSA) is 26.3 Å². The molecule has 2 aromatic rings. The lowest BCUT2D eigenvalue weighted by Gasteiger charge is -2.12. The lowest BCUT2D eigenvalue weighted by Crippen LogP contribution is -2.02. The second kappa shape index (κ2) is 6.30. The molecule has 2 nitrogen and oxygen atoms in total. The summed E-state index contributed by atoms with van der Waals surface area (Å²) in [5, 5.41) is 0. The van der Waals surface area contributed by atoms with Crippen LogP contribution >= 0.6 is 0 Å². The van der Waals surface area contributed by atoms with Crippen molar-refractivity contribution in [2.45, 2.75) is 6.42 Å². The van der Waals surface area contributed by atoms with Crippen LogP contribution in [0.4, 0.5) is 0 Å². The van der Waals surface area contributed by atoms with E-state index in [4.69, 9.17) is 4.74 Å². The summed E-state index contributed by atoms with van der Waals surface area (Å²) >= 11 is 0. The summed E-state index contributed by atoms with van der Waals surface area (Å²) in [6.45, 7) is 0. The first-order valence-electron chi connectivity index (χ1n) is 7.18. The van der Waals surface area contributed by atoms with Gasteiger partial charge in [-0.2, -0.15) is 0 Å². The smallest absolute Gasteiger partial charge is 0.345 e. The molecule has 0 saturated carbocycles. The van der Waals surface area contributed by atoms with Gasteiger partial charge in [-0.1, -0.05) is 54.6 Å². The monoisotopic (exact) mass is 288 g/mol. The van der Waals surface area contributed by atoms with E-state index in [9.17, 15) is 4.79 Å². The Morgan fingerprint density at radius 2 is 1.86 bits per heavy atom. The van der Waals surface area contributed by atoms with Gasteiger partial charge in [0, 0.05) is 0 Å². The van der Waals surface area contributed by atoms with Crippen molar-refractivity contribution in [2.24, 2.45) is 0 Å². The SMILES string of the molecule is COC(=O)C1=C=CCc2c(cccc2-c2ccccc2)/C=C\1. The van der Waals surface area contributed by atoms with Crippen LogP contribution in [0.25, 0.3) is 17.2 Å². The van der Waals surface area contributed by atoms with E-state index in [0.29, 0.717) is 5.57 Å². The molecule has 0 aromatic heterocycles. The van der Waals surface area contributed by atoms with Crippen molar-refractivity contribution in [3.05, 3.63) is 83.1 Å². The average molecular weight is 288 g/mol. The minimum Gasteiger partial charge on any atom is -0.465 e. The van der Waals surface area contributed by atoms with E-state index in [1.165, 1.54) is 23.8 Å². The Morgan fingerprint density at radius 1 is 1.05 bits per heavy atom. The molecule has 0 saturated heterocycles. The van der Waals surface area contributed by atoms with Gasteiger partial charge in [-0.25, -0.2) is 4.79 Å². The van der Waals surface area contributed by atoms with Crippen molar-refractivity contribution in [2.75, 3.05) is 7.11 Å². The molecule has 1 aliphatic rings. The van der Waals surface area contributed by atoms with Crippen LogP contribution in [0.3, 0.4) is 0 Å². The fourth-order valence-electron chi connectivity index (χ4n) is 2.60. The summed E-state index contributed by atoms with van der Waals surface area (Å²) in [5.74, 6) is -0.366. The number of benzene rings is 2. The van der Waals surface area contributed by atoms with E-state index >= 15 is 0 Å². The van der Waals surface area contributed by atoms with E-state index in [1.807, 2.05) is 36.4 Å². The maximum absolute atomic E-state index is 11.6. The second-order valence-corrected chi connectivity index (χ2v) is 5.03. The molecule has 0 atom stereocenters. The number of rotatable bonds is 2. The maximum Gasteiger partial charge on any atom is 0.345 e. The zero-order valence-corrected chi connectivity index (χ0v) is 12.4. The van der Waals surface area contributed by atoms with Crippen LogP contribution in [-0.4, -0.2) is 13.1 Å². The zero-order valence-electron chi connectivity index (χ0n) is 12.4. The fourth-order valence-corrected chi connectivity index (χ4v) is 2.60. The van der Waals surface area contributed by atoms with Gasteiger partial charge in [0.15, 0.2) is 0 Å². The van der Waals surface area contributed by atoms with Crippen LogP contribution < -0.4 is 0 Å². The molecule has 0 bridgehead atoms. The molecule has 2 heteroatoms. The lowest BCUT2D eigenvalue weighted by atomic mass is 9.92. The van der Waals surface area contributed by atoms with Gasteiger partial charge in [0.05, 0.1) is 7.11 Å². The predicted molar refractivity (Wildman–Crippen MR) is 88.2 cm³/mol. The standard InChI is InChI=1S/C20H16O2/c1-22-20(21)17-10-6-12-19-16(13-14-17)9-5-11-18(19)15-7-3-2-4-8-15/h2-9,11,13-14H,12H2,1H3/b14-13-. The van der Waals surface area contributed by atoms with Crippen LogP contribution in [-0.2, 0) is 16.0 Å².